The third kappa shape index (κ3) is 5.56. The van der Waals surface area contributed by atoms with Crippen LogP contribution in [0.25, 0.3) is 17.0 Å². The maximum Gasteiger partial charge on any atom is 0.250 e. The number of likely N-dealkylation sites (tertiary alicyclic amines) is 1. The van der Waals surface area contributed by atoms with Crippen LogP contribution in [0.2, 0.25) is 0 Å². The molecule has 0 saturated carbocycles. The fourth-order valence-corrected chi connectivity index (χ4v) is 4.42. The van der Waals surface area contributed by atoms with Gasteiger partial charge in [-0.3, -0.25) is 14.7 Å². The van der Waals surface area contributed by atoms with E-state index in [1.807, 2.05) is 36.4 Å². The van der Waals surface area contributed by atoms with E-state index in [2.05, 4.69) is 27.8 Å². The zero-order valence-corrected chi connectivity index (χ0v) is 20.8. The number of hydrogen-bond acceptors (Lipinski definition) is 6. The normalized spacial score (nSPS) is 13.9. The summed E-state index contributed by atoms with van der Waals surface area (Å²) >= 11 is 0. The first-order valence-corrected chi connectivity index (χ1v) is 12.1. The predicted octanol–water partition coefficient (Wildman–Crippen LogP) is 5.51. The molecule has 4 rings (SSSR count). The van der Waals surface area contributed by atoms with Gasteiger partial charge in [-0.25, -0.2) is 0 Å². The number of ether oxygens (including phenoxy) is 1. The molecule has 0 atom stereocenters. The monoisotopic (exact) mass is 481 g/mol. The van der Waals surface area contributed by atoms with Crippen LogP contribution in [0.3, 0.4) is 0 Å². The molecule has 1 saturated heterocycles. The highest BCUT2D eigenvalue weighted by molar-refractivity contribution is 6.06. The molecule has 1 fully saturated rings. The number of nitriles is 1. The van der Waals surface area contributed by atoms with Crippen molar-refractivity contribution in [1.82, 2.24) is 9.88 Å². The molecule has 7 nitrogen and oxygen atoms in total. The minimum absolute atomic E-state index is 0.151. The van der Waals surface area contributed by atoms with Gasteiger partial charge >= 0.3 is 0 Å². The molecule has 0 bridgehead atoms. The lowest BCUT2D eigenvalue weighted by Crippen LogP contribution is -2.30. The number of hydrogen-bond donors (Lipinski definition) is 1. The summed E-state index contributed by atoms with van der Waals surface area (Å²) in [5.74, 6) is 0.377. The lowest BCUT2D eigenvalue weighted by atomic mass is 10.1. The fourth-order valence-electron chi connectivity index (χ4n) is 4.42. The van der Waals surface area contributed by atoms with Crippen LogP contribution < -0.4 is 15.0 Å². The van der Waals surface area contributed by atoms with Crippen molar-refractivity contribution in [2.24, 2.45) is 0 Å². The van der Waals surface area contributed by atoms with E-state index in [9.17, 15) is 10.1 Å². The number of anilines is 3. The van der Waals surface area contributed by atoms with Gasteiger partial charge in [-0.2, -0.15) is 5.26 Å². The van der Waals surface area contributed by atoms with E-state index in [1.54, 1.807) is 43.5 Å². The van der Waals surface area contributed by atoms with Gasteiger partial charge in [0, 0.05) is 43.0 Å². The Morgan fingerprint density at radius 1 is 1.28 bits per heavy atom. The Hall–Kier alpha value is -4.15. The number of likely N-dealkylation sites (N-methyl/N-ethyl adjacent to an activating group) is 1. The third-order valence-corrected chi connectivity index (χ3v) is 6.45. The lowest BCUT2D eigenvalue weighted by Gasteiger charge is -2.25. The molecule has 2 aromatic carbocycles. The quantitative estimate of drug-likeness (QED) is 0.428. The van der Waals surface area contributed by atoms with Crippen molar-refractivity contribution in [3.05, 3.63) is 72.5 Å². The van der Waals surface area contributed by atoms with Gasteiger partial charge in [-0.05, 0) is 49.7 Å². The van der Waals surface area contributed by atoms with Crippen molar-refractivity contribution in [2.75, 3.05) is 44.0 Å². The Balaban J connectivity index is 1.68. The summed E-state index contributed by atoms with van der Waals surface area (Å²) in [6.07, 6.45) is 10.5. The summed E-state index contributed by atoms with van der Waals surface area (Å²) in [6, 6.07) is 13.6. The van der Waals surface area contributed by atoms with Crippen molar-refractivity contribution in [3.8, 4) is 11.8 Å². The van der Waals surface area contributed by atoms with Crippen molar-refractivity contribution in [1.29, 1.82) is 5.26 Å². The SMILES string of the molecule is C=Cc1cccc(Nc2c(C#N)cnc3cc(OC)c(N(C)C(=O)/C=C/CN4CCCCC4)cc23)c1. The van der Waals surface area contributed by atoms with Crippen LogP contribution in [0.15, 0.2) is 61.3 Å². The first-order chi connectivity index (χ1) is 17.5. The highest BCUT2D eigenvalue weighted by Crippen LogP contribution is 2.37. The summed E-state index contributed by atoms with van der Waals surface area (Å²) in [5, 5.41) is 13.9. The van der Waals surface area contributed by atoms with Crippen LogP contribution in [0, 0.1) is 11.3 Å². The summed E-state index contributed by atoms with van der Waals surface area (Å²) in [5.41, 5.74) is 4.04. The average molecular weight is 482 g/mol. The number of nitrogens with zero attached hydrogens (tertiary/aromatic N) is 4. The predicted molar refractivity (Wildman–Crippen MR) is 146 cm³/mol. The molecule has 0 aliphatic carbocycles. The lowest BCUT2D eigenvalue weighted by molar-refractivity contribution is -0.113. The van der Waals surface area contributed by atoms with Gasteiger partial charge in [-0.1, -0.05) is 37.3 Å². The number of fused-ring (bicyclic) bond motifs is 1. The molecule has 0 unspecified atom stereocenters. The maximum absolute atomic E-state index is 13.0. The fraction of sp³-hybridized carbons (Fsp3) is 0.276. The van der Waals surface area contributed by atoms with Crippen LogP contribution in [0.5, 0.6) is 5.75 Å². The zero-order valence-electron chi connectivity index (χ0n) is 20.8. The van der Waals surface area contributed by atoms with Crippen LogP contribution in [0.1, 0.15) is 30.4 Å². The molecular weight excluding hydrogens is 450 g/mol. The summed E-state index contributed by atoms with van der Waals surface area (Å²) in [4.78, 5) is 21.4. The molecule has 1 aliphatic rings. The Kier molecular flexibility index (Phi) is 7.99. The van der Waals surface area contributed by atoms with E-state index in [1.165, 1.54) is 19.3 Å². The number of piperidine rings is 1. The van der Waals surface area contributed by atoms with Crippen molar-refractivity contribution >= 4 is 39.9 Å². The van der Waals surface area contributed by atoms with Crippen molar-refractivity contribution < 1.29 is 9.53 Å². The maximum atomic E-state index is 13.0. The first kappa shape index (κ1) is 25.0. The molecule has 2 heterocycles. The van der Waals surface area contributed by atoms with Crippen LogP contribution >= 0.6 is 0 Å². The minimum Gasteiger partial charge on any atom is -0.494 e. The topological polar surface area (TPSA) is 81.5 Å². The van der Waals surface area contributed by atoms with E-state index in [-0.39, 0.29) is 5.91 Å². The van der Waals surface area contributed by atoms with Gasteiger partial charge in [0.25, 0.3) is 5.91 Å². The second-order valence-corrected chi connectivity index (χ2v) is 8.82. The highest BCUT2D eigenvalue weighted by atomic mass is 16.5. The van der Waals surface area contributed by atoms with Gasteiger partial charge in [0.05, 0.1) is 29.6 Å². The van der Waals surface area contributed by atoms with Gasteiger partial charge in [0.2, 0.25) is 0 Å². The Morgan fingerprint density at radius 2 is 2.08 bits per heavy atom. The van der Waals surface area contributed by atoms with Crippen molar-refractivity contribution in [3.63, 3.8) is 0 Å². The number of carbonyl (C=O) groups excluding carboxylic acids is 1. The average Bonchev–Trinajstić information content (AvgIpc) is 2.92. The molecule has 1 N–H and O–H groups in total. The van der Waals surface area contributed by atoms with Gasteiger partial charge in [-0.15, -0.1) is 0 Å². The Morgan fingerprint density at radius 3 is 2.81 bits per heavy atom. The third-order valence-electron chi connectivity index (χ3n) is 6.45. The molecule has 1 aliphatic heterocycles. The largest absolute Gasteiger partial charge is 0.494 e. The highest BCUT2D eigenvalue weighted by Gasteiger charge is 2.18. The number of nitrogens with one attached hydrogen (secondary N) is 1. The van der Waals surface area contributed by atoms with Gasteiger partial charge < -0.3 is 15.0 Å². The number of pyridine rings is 1. The molecular formula is C29H31N5O2. The molecule has 3 aromatic rings. The summed E-state index contributed by atoms with van der Waals surface area (Å²) in [7, 11) is 3.29. The molecule has 1 amide bonds. The summed E-state index contributed by atoms with van der Waals surface area (Å²) in [6.45, 7) is 6.74. The van der Waals surface area contributed by atoms with Crippen LogP contribution in [-0.2, 0) is 4.79 Å². The number of aromatic nitrogens is 1. The van der Waals surface area contributed by atoms with E-state index < -0.39 is 0 Å². The Bertz CT molecular complexity index is 1340. The Labute approximate surface area is 212 Å². The number of amides is 1. The molecule has 0 spiro atoms. The van der Waals surface area contributed by atoms with E-state index >= 15 is 0 Å². The molecule has 7 heteroatoms. The summed E-state index contributed by atoms with van der Waals surface area (Å²) < 4.78 is 5.61. The zero-order chi connectivity index (χ0) is 25.5. The number of rotatable bonds is 8. The smallest absolute Gasteiger partial charge is 0.250 e. The van der Waals surface area contributed by atoms with E-state index in [4.69, 9.17) is 4.74 Å². The number of benzene rings is 2. The second-order valence-electron chi connectivity index (χ2n) is 8.82. The number of methoxy groups -OCH3 is 1. The van der Waals surface area contributed by atoms with Gasteiger partial charge in [0.1, 0.15) is 11.8 Å². The van der Waals surface area contributed by atoms with Gasteiger partial charge in [0.15, 0.2) is 0 Å². The molecule has 36 heavy (non-hydrogen) atoms. The van der Waals surface area contributed by atoms with E-state index in [0.29, 0.717) is 33.6 Å². The standard InChI is InChI=1S/C29H31N5O2/c1-4-21-10-8-11-23(16-21)32-29-22(19-30)20-31-25-18-27(36-3)26(17-24(25)29)33(2)28(35)12-9-15-34-13-6-5-7-14-34/h4,8-12,16-18,20H,1,5-7,13-15H2,2-3H3,(H,31,32)/b12-9+. The van der Waals surface area contributed by atoms with E-state index in [0.717, 1.165) is 30.9 Å². The number of carbonyl (C=O) groups is 1. The van der Waals surface area contributed by atoms with Crippen LogP contribution in [0.4, 0.5) is 17.1 Å². The first-order valence-electron chi connectivity index (χ1n) is 12.1. The minimum atomic E-state index is -0.151. The van der Waals surface area contributed by atoms with Crippen LogP contribution in [-0.4, -0.2) is 49.6 Å². The second kappa shape index (κ2) is 11.5. The molecule has 184 valence electrons. The molecule has 0 radical (unpaired) electrons. The molecule has 1 aromatic heterocycles. The van der Waals surface area contributed by atoms with Crippen molar-refractivity contribution in [2.45, 2.75) is 19.3 Å².